The van der Waals surface area contributed by atoms with Gasteiger partial charge in [0.1, 0.15) is 0 Å². The number of aryl methyl sites for hydroxylation is 3. The van der Waals surface area contributed by atoms with Crippen LogP contribution < -0.4 is 10.5 Å². The summed E-state index contributed by atoms with van der Waals surface area (Å²) in [5, 5.41) is 7.92. The first-order chi connectivity index (χ1) is 10.7. The molecule has 122 valence electrons. The molecule has 0 aliphatic heterocycles. The van der Waals surface area contributed by atoms with Crippen molar-refractivity contribution in [3.8, 4) is 0 Å². The van der Waals surface area contributed by atoms with Gasteiger partial charge in [0.15, 0.2) is 0 Å². The highest BCUT2D eigenvalue weighted by molar-refractivity contribution is 7.89. The van der Waals surface area contributed by atoms with Crippen LogP contribution in [-0.4, -0.2) is 14.3 Å². The van der Waals surface area contributed by atoms with E-state index in [-0.39, 0.29) is 10.8 Å². The van der Waals surface area contributed by atoms with E-state index in [0.29, 0.717) is 12.8 Å². The van der Waals surface area contributed by atoms with Gasteiger partial charge in [0, 0.05) is 12.1 Å². The van der Waals surface area contributed by atoms with E-state index in [1.54, 1.807) is 12.1 Å². The Hall–Kier alpha value is -2.18. The zero-order valence-corrected chi connectivity index (χ0v) is 14.0. The van der Waals surface area contributed by atoms with Gasteiger partial charge in [-0.1, -0.05) is 18.2 Å². The van der Waals surface area contributed by atoms with E-state index in [9.17, 15) is 13.2 Å². The van der Waals surface area contributed by atoms with E-state index >= 15 is 0 Å². The second-order valence-electron chi connectivity index (χ2n) is 5.61. The van der Waals surface area contributed by atoms with Crippen LogP contribution in [0.2, 0.25) is 0 Å². The smallest absolute Gasteiger partial charge is 0.238 e. The molecule has 0 aliphatic carbocycles. The lowest BCUT2D eigenvalue weighted by atomic mass is 10.1. The Labute approximate surface area is 136 Å². The summed E-state index contributed by atoms with van der Waals surface area (Å²) >= 11 is 0. The molecule has 0 bridgehead atoms. The van der Waals surface area contributed by atoms with Gasteiger partial charge in [-0.05, 0) is 61.2 Å². The molecule has 0 heterocycles. The first-order valence-electron chi connectivity index (χ1n) is 7.24. The molecule has 0 unspecified atom stereocenters. The quantitative estimate of drug-likeness (QED) is 0.881. The normalized spacial score (nSPS) is 11.3. The molecule has 1 amide bonds. The first-order valence-corrected chi connectivity index (χ1v) is 8.78. The molecule has 0 saturated carbocycles. The van der Waals surface area contributed by atoms with Crippen LogP contribution in [0.3, 0.4) is 0 Å². The van der Waals surface area contributed by atoms with Crippen LogP contribution in [-0.2, 0) is 21.2 Å². The van der Waals surface area contributed by atoms with E-state index in [2.05, 4.69) is 5.32 Å². The lowest BCUT2D eigenvalue weighted by Gasteiger charge is -2.08. The third kappa shape index (κ3) is 5.19. The Balaban J connectivity index is 1.94. The number of benzene rings is 2. The summed E-state index contributed by atoms with van der Waals surface area (Å²) in [5.41, 5.74) is 3.86. The minimum absolute atomic E-state index is 0.0703. The van der Waals surface area contributed by atoms with Gasteiger partial charge in [0.05, 0.1) is 4.90 Å². The Kier molecular flexibility index (Phi) is 5.18. The average molecular weight is 332 g/mol. The fraction of sp³-hybridized carbons (Fsp3) is 0.235. The number of nitrogens with one attached hydrogen (secondary N) is 1. The van der Waals surface area contributed by atoms with Crippen LogP contribution >= 0.6 is 0 Å². The molecular formula is C17H20N2O3S. The number of rotatable bonds is 5. The second kappa shape index (κ2) is 6.93. The van der Waals surface area contributed by atoms with Crippen molar-refractivity contribution in [2.45, 2.75) is 31.6 Å². The van der Waals surface area contributed by atoms with Crippen LogP contribution in [0.5, 0.6) is 0 Å². The lowest BCUT2D eigenvalue weighted by molar-refractivity contribution is -0.116. The number of hydrogen-bond donors (Lipinski definition) is 2. The molecule has 0 aromatic heterocycles. The van der Waals surface area contributed by atoms with E-state index < -0.39 is 10.0 Å². The molecule has 0 spiro atoms. The van der Waals surface area contributed by atoms with Crippen molar-refractivity contribution in [1.82, 2.24) is 0 Å². The molecule has 6 heteroatoms. The predicted octanol–water partition coefficient (Wildman–Crippen LogP) is 2.52. The number of primary sulfonamides is 1. The van der Waals surface area contributed by atoms with Crippen molar-refractivity contribution in [3.05, 3.63) is 59.2 Å². The Morgan fingerprint density at radius 3 is 2.13 bits per heavy atom. The van der Waals surface area contributed by atoms with Gasteiger partial charge < -0.3 is 5.32 Å². The number of nitrogens with two attached hydrogens (primary N) is 1. The minimum Gasteiger partial charge on any atom is -0.326 e. The molecule has 2 aromatic rings. The maximum atomic E-state index is 12.0. The highest BCUT2D eigenvalue weighted by Gasteiger charge is 2.08. The summed E-state index contributed by atoms with van der Waals surface area (Å²) in [6, 6.07) is 12.1. The Morgan fingerprint density at radius 2 is 1.61 bits per heavy atom. The van der Waals surface area contributed by atoms with Crippen molar-refractivity contribution in [1.29, 1.82) is 0 Å². The summed E-state index contributed by atoms with van der Waals surface area (Å²) in [6.45, 7) is 3.96. The van der Waals surface area contributed by atoms with Gasteiger partial charge in [-0.15, -0.1) is 0 Å². The number of hydrogen-bond acceptors (Lipinski definition) is 3. The second-order valence-corrected chi connectivity index (χ2v) is 7.17. The minimum atomic E-state index is -3.68. The summed E-state index contributed by atoms with van der Waals surface area (Å²) in [4.78, 5) is 12.1. The number of carbonyl (C=O) groups is 1. The molecule has 23 heavy (non-hydrogen) atoms. The molecule has 0 fully saturated rings. The number of anilines is 1. The number of carbonyl (C=O) groups excluding carboxylic acids is 1. The SMILES string of the molecule is Cc1cc(C)cc(NC(=O)CCc2ccc(S(N)(=O)=O)cc2)c1. The standard InChI is InChI=1S/C17H20N2O3S/c1-12-9-13(2)11-15(10-12)19-17(20)8-5-14-3-6-16(7-4-14)23(18,21)22/h3-4,6-7,9-11H,5,8H2,1-2H3,(H,19,20)(H2,18,21,22). The van der Waals surface area contributed by atoms with Crippen molar-refractivity contribution in [2.75, 3.05) is 5.32 Å². The molecule has 0 atom stereocenters. The topological polar surface area (TPSA) is 89.3 Å². The van der Waals surface area contributed by atoms with Gasteiger partial charge >= 0.3 is 0 Å². The molecule has 0 aliphatic rings. The maximum Gasteiger partial charge on any atom is 0.238 e. The Bertz CT molecular complexity index is 792. The van der Waals surface area contributed by atoms with Gasteiger partial charge in [-0.25, -0.2) is 13.6 Å². The highest BCUT2D eigenvalue weighted by Crippen LogP contribution is 2.15. The van der Waals surface area contributed by atoms with Gasteiger partial charge in [-0.2, -0.15) is 0 Å². The third-order valence-corrected chi connectivity index (χ3v) is 4.33. The van der Waals surface area contributed by atoms with Crippen LogP contribution in [0.4, 0.5) is 5.69 Å². The molecule has 0 radical (unpaired) electrons. The van der Waals surface area contributed by atoms with Crippen molar-refractivity contribution < 1.29 is 13.2 Å². The molecule has 3 N–H and O–H groups in total. The van der Waals surface area contributed by atoms with Gasteiger partial charge in [0.25, 0.3) is 0 Å². The first kappa shape index (κ1) is 17.2. The van der Waals surface area contributed by atoms with E-state index in [1.165, 1.54) is 12.1 Å². The summed E-state index contributed by atoms with van der Waals surface area (Å²) in [7, 11) is -3.68. The van der Waals surface area contributed by atoms with Crippen molar-refractivity contribution in [3.63, 3.8) is 0 Å². The van der Waals surface area contributed by atoms with Gasteiger partial charge in [0.2, 0.25) is 15.9 Å². The zero-order chi connectivity index (χ0) is 17.0. The number of amides is 1. The molecule has 0 saturated heterocycles. The zero-order valence-electron chi connectivity index (χ0n) is 13.2. The fourth-order valence-corrected chi connectivity index (χ4v) is 2.89. The maximum absolute atomic E-state index is 12.0. The van der Waals surface area contributed by atoms with E-state index in [4.69, 9.17) is 5.14 Å². The monoisotopic (exact) mass is 332 g/mol. The summed E-state index contributed by atoms with van der Waals surface area (Å²) in [5.74, 6) is -0.0782. The Morgan fingerprint density at radius 1 is 1.04 bits per heavy atom. The highest BCUT2D eigenvalue weighted by atomic mass is 32.2. The van der Waals surface area contributed by atoms with E-state index in [1.807, 2.05) is 32.0 Å². The largest absolute Gasteiger partial charge is 0.326 e. The van der Waals surface area contributed by atoms with E-state index in [0.717, 1.165) is 22.4 Å². The summed E-state index contributed by atoms with van der Waals surface area (Å²) in [6.07, 6.45) is 0.850. The van der Waals surface area contributed by atoms with Crippen LogP contribution in [0.15, 0.2) is 47.4 Å². The average Bonchev–Trinajstić information content (AvgIpc) is 2.43. The third-order valence-electron chi connectivity index (χ3n) is 3.40. The van der Waals surface area contributed by atoms with Crippen molar-refractivity contribution >= 4 is 21.6 Å². The van der Waals surface area contributed by atoms with Gasteiger partial charge in [-0.3, -0.25) is 4.79 Å². The number of sulfonamides is 1. The predicted molar refractivity (Wildman–Crippen MR) is 90.7 cm³/mol. The van der Waals surface area contributed by atoms with Crippen molar-refractivity contribution in [2.24, 2.45) is 5.14 Å². The lowest BCUT2D eigenvalue weighted by Crippen LogP contribution is -2.13. The molecule has 5 nitrogen and oxygen atoms in total. The van der Waals surface area contributed by atoms with Crippen LogP contribution in [0, 0.1) is 13.8 Å². The summed E-state index contributed by atoms with van der Waals surface area (Å²) < 4.78 is 22.4. The molecular weight excluding hydrogens is 312 g/mol. The van der Waals surface area contributed by atoms with Crippen LogP contribution in [0.1, 0.15) is 23.1 Å². The van der Waals surface area contributed by atoms with Crippen LogP contribution in [0.25, 0.3) is 0 Å². The molecule has 2 aromatic carbocycles. The molecule has 2 rings (SSSR count). The fourth-order valence-electron chi connectivity index (χ4n) is 2.37.